The Hall–Kier alpha value is -2.64. The van der Waals surface area contributed by atoms with Crippen LogP contribution in [-0.4, -0.2) is 21.8 Å². The maximum atomic E-state index is 12.8. The predicted molar refractivity (Wildman–Crippen MR) is 97.7 cm³/mol. The highest BCUT2D eigenvalue weighted by Crippen LogP contribution is 2.33. The number of nitrogens with one attached hydrogen (secondary N) is 1. The second-order valence-electron chi connectivity index (χ2n) is 6.05. The summed E-state index contributed by atoms with van der Waals surface area (Å²) in [6.45, 7) is 1.67. The van der Waals surface area contributed by atoms with Crippen LogP contribution in [-0.2, 0) is 16.9 Å². The number of halogens is 1. The fraction of sp³-hybridized carbons (Fsp3) is 0.167. The normalized spacial score (nSPS) is 19.8. The van der Waals surface area contributed by atoms with Crippen molar-refractivity contribution in [1.29, 1.82) is 0 Å². The van der Waals surface area contributed by atoms with E-state index in [4.69, 9.17) is 16.0 Å². The molecule has 0 bridgehead atoms. The molecule has 132 valence electrons. The number of thiophene rings is 1. The first-order valence-corrected chi connectivity index (χ1v) is 9.12. The molecule has 3 heterocycles. The number of urea groups is 1. The molecule has 1 aromatic carbocycles. The Balaban J connectivity index is 1.55. The standard InChI is InChI=1S/C18H14ClN3O3S/c1-18(14-3-2-8-26-14)16(23)22(17(24)21-18)10-15-20-9-13(25-15)11-4-6-12(19)7-5-11/h2-9H,10H2,1H3,(H,21,24). The lowest BCUT2D eigenvalue weighted by atomic mass is 10.0. The highest BCUT2D eigenvalue weighted by Gasteiger charge is 2.50. The van der Waals surface area contributed by atoms with E-state index in [9.17, 15) is 9.59 Å². The average molecular weight is 388 g/mol. The SMILES string of the molecule is CC1(c2cccs2)NC(=O)N(Cc2ncc(-c3ccc(Cl)cc3)o2)C1=O. The molecular formula is C18H14ClN3O3S. The summed E-state index contributed by atoms with van der Waals surface area (Å²) in [5.74, 6) is 0.509. The Kier molecular flexibility index (Phi) is 4.05. The third-order valence-electron chi connectivity index (χ3n) is 4.26. The molecule has 2 aromatic heterocycles. The fourth-order valence-electron chi connectivity index (χ4n) is 2.84. The lowest BCUT2D eigenvalue weighted by Crippen LogP contribution is -2.40. The first-order valence-electron chi connectivity index (χ1n) is 7.86. The molecule has 26 heavy (non-hydrogen) atoms. The number of oxazole rings is 1. The number of hydrogen-bond acceptors (Lipinski definition) is 5. The van der Waals surface area contributed by atoms with Crippen LogP contribution >= 0.6 is 22.9 Å². The van der Waals surface area contributed by atoms with E-state index in [0.29, 0.717) is 10.8 Å². The van der Waals surface area contributed by atoms with E-state index < -0.39 is 11.6 Å². The summed E-state index contributed by atoms with van der Waals surface area (Å²) in [4.78, 5) is 31.2. The molecule has 0 saturated carbocycles. The highest BCUT2D eigenvalue weighted by molar-refractivity contribution is 7.10. The minimum absolute atomic E-state index is 0.0285. The van der Waals surface area contributed by atoms with Gasteiger partial charge in [-0.2, -0.15) is 0 Å². The first-order chi connectivity index (χ1) is 12.5. The van der Waals surface area contributed by atoms with Gasteiger partial charge in [0.1, 0.15) is 6.54 Å². The predicted octanol–water partition coefficient (Wildman–Crippen LogP) is 4.02. The lowest BCUT2D eigenvalue weighted by Gasteiger charge is -2.19. The van der Waals surface area contributed by atoms with Crippen LogP contribution in [0.1, 0.15) is 17.7 Å². The van der Waals surface area contributed by atoms with Crippen LogP contribution in [0.15, 0.2) is 52.4 Å². The zero-order valence-corrected chi connectivity index (χ0v) is 15.3. The van der Waals surface area contributed by atoms with Gasteiger partial charge in [-0.1, -0.05) is 17.7 Å². The van der Waals surface area contributed by atoms with Crippen molar-refractivity contribution in [2.75, 3.05) is 0 Å². The molecule has 1 aliphatic heterocycles. The van der Waals surface area contributed by atoms with Crippen LogP contribution in [0.25, 0.3) is 11.3 Å². The van der Waals surface area contributed by atoms with Crippen molar-refractivity contribution in [1.82, 2.24) is 15.2 Å². The van der Waals surface area contributed by atoms with Crippen molar-refractivity contribution in [3.8, 4) is 11.3 Å². The van der Waals surface area contributed by atoms with Crippen molar-refractivity contribution < 1.29 is 14.0 Å². The third kappa shape index (κ3) is 2.79. The van der Waals surface area contributed by atoms with Gasteiger partial charge in [0.25, 0.3) is 5.91 Å². The van der Waals surface area contributed by atoms with Crippen molar-refractivity contribution in [2.45, 2.75) is 19.0 Å². The molecule has 8 heteroatoms. The summed E-state index contributed by atoms with van der Waals surface area (Å²) in [5, 5.41) is 5.26. The molecule has 1 N–H and O–H groups in total. The van der Waals surface area contributed by atoms with Crippen LogP contribution in [0.3, 0.4) is 0 Å². The number of carbonyl (C=O) groups excluding carboxylic acids is 2. The van der Waals surface area contributed by atoms with Gasteiger partial charge in [-0.3, -0.25) is 9.69 Å². The number of nitrogens with zero attached hydrogens (tertiary/aromatic N) is 2. The van der Waals surface area contributed by atoms with Crippen molar-refractivity contribution >= 4 is 34.9 Å². The Morgan fingerprint density at radius 2 is 2.04 bits per heavy atom. The van der Waals surface area contributed by atoms with Crippen LogP contribution in [0.2, 0.25) is 5.02 Å². The molecule has 0 radical (unpaired) electrons. The van der Waals surface area contributed by atoms with Gasteiger partial charge >= 0.3 is 6.03 Å². The fourth-order valence-corrected chi connectivity index (χ4v) is 3.80. The van der Waals surface area contributed by atoms with Crippen LogP contribution in [0, 0.1) is 0 Å². The van der Waals surface area contributed by atoms with E-state index >= 15 is 0 Å². The van der Waals surface area contributed by atoms with E-state index in [2.05, 4.69) is 10.3 Å². The van der Waals surface area contributed by atoms with Crippen LogP contribution in [0.5, 0.6) is 0 Å². The topological polar surface area (TPSA) is 75.4 Å². The smallest absolute Gasteiger partial charge is 0.325 e. The van der Waals surface area contributed by atoms with Gasteiger partial charge in [-0.05, 0) is 42.6 Å². The molecule has 3 aromatic rings. The molecule has 0 aliphatic carbocycles. The largest absolute Gasteiger partial charge is 0.439 e. The molecule has 4 rings (SSSR count). The number of imide groups is 1. The second-order valence-corrected chi connectivity index (χ2v) is 7.43. The third-order valence-corrected chi connectivity index (χ3v) is 5.61. The van der Waals surface area contributed by atoms with Crippen molar-refractivity contribution in [3.63, 3.8) is 0 Å². The molecule has 6 nitrogen and oxygen atoms in total. The molecule has 1 atom stereocenters. The summed E-state index contributed by atoms with van der Waals surface area (Å²) < 4.78 is 5.70. The van der Waals surface area contributed by atoms with Gasteiger partial charge in [0, 0.05) is 15.5 Å². The molecule has 0 spiro atoms. The van der Waals surface area contributed by atoms with Gasteiger partial charge in [-0.15, -0.1) is 11.3 Å². The minimum atomic E-state index is -1.06. The maximum Gasteiger partial charge on any atom is 0.325 e. The van der Waals surface area contributed by atoms with E-state index in [1.54, 1.807) is 25.3 Å². The molecule has 1 aliphatic rings. The zero-order chi connectivity index (χ0) is 18.3. The Labute approximate surface area is 158 Å². The minimum Gasteiger partial charge on any atom is -0.439 e. The monoisotopic (exact) mass is 387 g/mol. The summed E-state index contributed by atoms with van der Waals surface area (Å²) in [6.07, 6.45) is 1.56. The van der Waals surface area contributed by atoms with Crippen molar-refractivity contribution in [2.24, 2.45) is 0 Å². The van der Waals surface area contributed by atoms with Gasteiger partial charge in [0.15, 0.2) is 11.3 Å². The van der Waals surface area contributed by atoms with Crippen LogP contribution in [0.4, 0.5) is 4.79 Å². The lowest BCUT2D eigenvalue weighted by molar-refractivity contribution is -0.131. The van der Waals surface area contributed by atoms with E-state index in [1.807, 2.05) is 29.6 Å². The van der Waals surface area contributed by atoms with Gasteiger partial charge in [0.05, 0.1) is 6.20 Å². The maximum absolute atomic E-state index is 12.8. The molecular weight excluding hydrogens is 374 g/mol. The summed E-state index contributed by atoms with van der Waals surface area (Å²) in [5.41, 5.74) is -0.245. The molecule has 1 fully saturated rings. The molecule has 3 amide bonds. The quantitative estimate of drug-likeness (QED) is 0.686. The van der Waals surface area contributed by atoms with E-state index in [1.165, 1.54) is 11.3 Å². The average Bonchev–Trinajstić information content (AvgIpc) is 3.34. The summed E-state index contributed by atoms with van der Waals surface area (Å²) in [6, 6.07) is 10.3. The van der Waals surface area contributed by atoms with E-state index in [-0.39, 0.29) is 18.3 Å². The van der Waals surface area contributed by atoms with Gasteiger partial charge < -0.3 is 9.73 Å². The number of hydrogen-bond donors (Lipinski definition) is 1. The van der Waals surface area contributed by atoms with Crippen molar-refractivity contribution in [3.05, 3.63) is 63.8 Å². The summed E-state index contributed by atoms with van der Waals surface area (Å²) >= 11 is 7.31. The zero-order valence-electron chi connectivity index (χ0n) is 13.7. The number of aromatic nitrogens is 1. The first kappa shape index (κ1) is 16.8. The number of benzene rings is 1. The Morgan fingerprint density at radius 1 is 1.27 bits per heavy atom. The van der Waals surface area contributed by atoms with Gasteiger partial charge in [-0.25, -0.2) is 9.78 Å². The number of carbonyl (C=O) groups is 2. The molecule has 1 saturated heterocycles. The molecule has 1 unspecified atom stereocenters. The summed E-state index contributed by atoms with van der Waals surface area (Å²) in [7, 11) is 0. The highest BCUT2D eigenvalue weighted by atomic mass is 35.5. The Morgan fingerprint density at radius 3 is 2.73 bits per heavy atom. The number of rotatable bonds is 4. The second kappa shape index (κ2) is 6.26. The van der Waals surface area contributed by atoms with E-state index in [0.717, 1.165) is 15.3 Å². The van der Waals surface area contributed by atoms with Crippen LogP contribution < -0.4 is 5.32 Å². The number of amides is 3. The Bertz CT molecular complexity index is 968. The van der Waals surface area contributed by atoms with Gasteiger partial charge in [0.2, 0.25) is 5.89 Å².